The smallest absolute Gasteiger partial charge is 0.0538 e. The van der Waals surface area contributed by atoms with Crippen molar-refractivity contribution in [2.24, 2.45) is 5.41 Å². The summed E-state index contributed by atoms with van der Waals surface area (Å²) in [6.07, 6.45) is 5.07. The van der Waals surface area contributed by atoms with Crippen molar-refractivity contribution in [2.75, 3.05) is 19.8 Å². The van der Waals surface area contributed by atoms with E-state index in [1.807, 2.05) is 0 Å². The van der Waals surface area contributed by atoms with Gasteiger partial charge in [-0.3, -0.25) is 0 Å². The maximum Gasteiger partial charge on any atom is 0.0538 e. The zero-order valence-electron chi connectivity index (χ0n) is 11.2. The summed E-state index contributed by atoms with van der Waals surface area (Å²) in [5.41, 5.74) is 3.12. The second-order valence-corrected chi connectivity index (χ2v) is 6.12. The number of hydrogen-bond donors (Lipinski definition) is 1. The molecule has 0 spiro atoms. The molecule has 2 heteroatoms. The minimum atomic E-state index is 0.331. The van der Waals surface area contributed by atoms with Gasteiger partial charge in [-0.15, -0.1) is 0 Å². The van der Waals surface area contributed by atoms with E-state index >= 15 is 0 Å². The van der Waals surface area contributed by atoms with Crippen LogP contribution >= 0.6 is 0 Å². The van der Waals surface area contributed by atoms with Crippen molar-refractivity contribution in [3.05, 3.63) is 35.4 Å². The summed E-state index contributed by atoms with van der Waals surface area (Å²) in [7, 11) is 0. The molecule has 2 fully saturated rings. The quantitative estimate of drug-likeness (QED) is 0.861. The molecule has 1 saturated carbocycles. The minimum absolute atomic E-state index is 0.331. The van der Waals surface area contributed by atoms with E-state index in [0.717, 1.165) is 32.2 Å². The maximum absolute atomic E-state index is 5.67. The lowest BCUT2D eigenvalue weighted by Gasteiger charge is -2.28. The van der Waals surface area contributed by atoms with Crippen molar-refractivity contribution < 1.29 is 4.74 Å². The topological polar surface area (TPSA) is 21.3 Å². The zero-order valence-corrected chi connectivity index (χ0v) is 11.2. The van der Waals surface area contributed by atoms with Gasteiger partial charge >= 0.3 is 0 Å². The van der Waals surface area contributed by atoms with E-state index in [-0.39, 0.29) is 0 Å². The summed E-state index contributed by atoms with van der Waals surface area (Å²) in [6.45, 7) is 5.11. The molecular formula is C16H23NO. The Labute approximate surface area is 110 Å². The molecule has 1 saturated heterocycles. The van der Waals surface area contributed by atoms with Crippen molar-refractivity contribution in [2.45, 2.75) is 38.6 Å². The van der Waals surface area contributed by atoms with Crippen LogP contribution in [0.4, 0.5) is 0 Å². The Morgan fingerprint density at radius 2 is 2.06 bits per heavy atom. The average Bonchev–Trinajstić information content (AvgIpc) is 3.10. The van der Waals surface area contributed by atoms with Crippen LogP contribution in [0.15, 0.2) is 24.3 Å². The zero-order chi connectivity index (χ0) is 12.4. The third-order valence-corrected chi connectivity index (χ3v) is 4.23. The van der Waals surface area contributed by atoms with Gasteiger partial charge in [0, 0.05) is 24.6 Å². The van der Waals surface area contributed by atoms with E-state index in [0.29, 0.717) is 5.41 Å². The summed E-state index contributed by atoms with van der Waals surface area (Å²) in [5, 5.41) is 3.69. The Morgan fingerprint density at radius 1 is 1.28 bits per heavy atom. The molecule has 0 amide bonds. The monoisotopic (exact) mass is 245 g/mol. The largest absolute Gasteiger partial charge is 0.381 e. The Morgan fingerprint density at radius 3 is 2.67 bits per heavy atom. The first-order valence-electron chi connectivity index (χ1n) is 7.13. The number of ether oxygens (including phenoxy) is 1. The van der Waals surface area contributed by atoms with Crippen molar-refractivity contribution >= 4 is 0 Å². The SMILES string of the molecule is Cc1ccc(CC2(CNC3CC3)CCOC2)cc1. The summed E-state index contributed by atoms with van der Waals surface area (Å²) in [5.74, 6) is 0. The van der Waals surface area contributed by atoms with Crippen molar-refractivity contribution in [1.82, 2.24) is 5.32 Å². The van der Waals surface area contributed by atoms with E-state index in [9.17, 15) is 0 Å². The molecule has 1 N–H and O–H groups in total. The lowest BCUT2D eigenvalue weighted by atomic mass is 9.80. The van der Waals surface area contributed by atoms with E-state index in [4.69, 9.17) is 4.74 Å². The summed E-state index contributed by atoms with van der Waals surface area (Å²) < 4.78 is 5.67. The first-order chi connectivity index (χ1) is 8.76. The molecule has 3 rings (SSSR count). The maximum atomic E-state index is 5.67. The normalized spacial score (nSPS) is 27.6. The van der Waals surface area contributed by atoms with E-state index in [2.05, 4.69) is 36.5 Å². The molecule has 1 heterocycles. The molecule has 1 unspecified atom stereocenters. The van der Waals surface area contributed by atoms with Gasteiger partial charge in [-0.1, -0.05) is 29.8 Å². The van der Waals surface area contributed by atoms with Crippen LogP contribution in [0, 0.1) is 12.3 Å². The van der Waals surface area contributed by atoms with Crippen LogP contribution in [0.5, 0.6) is 0 Å². The first-order valence-corrected chi connectivity index (χ1v) is 7.13. The molecule has 0 bridgehead atoms. The minimum Gasteiger partial charge on any atom is -0.381 e. The fourth-order valence-corrected chi connectivity index (χ4v) is 2.78. The van der Waals surface area contributed by atoms with Gasteiger partial charge < -0.3 is 10.1 Å². The van der Waals surface area contributed by atoms with E-state index in [1.54, 1.807) is 0 Å². The number of benzene rings is 1. The van der Waals surface area contributed by atoms with Crippen LogP contribution < -0.4 is 5.32 Å². The molecule has 2 aliphatic rings. The molecule has 2 nitrogen and oxygen atoms in total. The second-order valence-electron chi connectivity index (χ2n) is 6.12. The molecule has 0 radical (unpaired) electrons. The second kappa shape index (κ2) is 5.02. The first kappa shape index (κ1) is 12.2. The Balaban J connectivity index is 1.66. The van der Waals surface area contributed by atoms with Gasteiger partial charge in [0.1, 0.15) is 0 Å². The molecule has 18 heavy (non-hydrogen) atoms. The van der Waals surface area contributed by atoms with Gasteiger partial charge in [0.05, 0.1) is 6.61 Å². The number of nitrogens with one attached hydrogen (secondary N) is 1. The summed E-state index contributed by atoms with van der Waals surface area (Å²) >= 11 is 0. The molecular weight excluding hydrogens is 222 g/mol. The third kappa shape index (κ3) is 2.93. The van der Waals surface area contributed by atoms with Gasteiger partial charge in [0.25, 0.3) is 0 Å². The fourth-order valence-electron chi connectivity index (χ4n) is 2.78. The highest BCUT2D eigenvalue weighted by atomic mass is 16.5. The van der Waals surface area contributed by atoms with Crippen LogP contribution in [-0.4, -0.2) is 25.8 Å². The third-order valence-electron chi connectivity index (χ3n) is 4.23. The van der Waals surface area contributed by atoms with Crippen molar-refractivity contribution in [1.29, 1.82) is 0 Å². The summed E-state index contributed by atoms with van der Waals surface area (Å²) in [6, 6.07) is 9.76. The van der Waals surface area contributed by atoms with Gasteiger partial charge in [0.15, 0.2) is 0 Å². The Bertz CT molecular complexity index is 388. The van der Waals surface area contributed by atoms with Crippen molar-refractivity contribution in [3.8, 4) is 0 Å². The Hall–Kier alpha value is -0.860. The van der Waals surface area contributed by atoms with Crippen LogP contribution in [-0.2, 0) is 11.2 Å². The predicted octanol–water partition coefficient (Wildman–Crippen LogP) is 2.70. The van der Waals surface area contributed by atoms with Gasteiger partial charge in [-0.2, -0.15) is 0 Å². The Kier molecular flexibility index (Phi) is 3.40. The summed E-state index contributed by atoms with van der Waals surface area (Å²) in [4.78, 5) is 0. The highest BCUT2D eigenvalue weighted by Gasteiger charge is 2.36. The molecule has 1 atom stereocenters. The van der Waals surface area contributed by atoms with E-state index < -0.39 is 0 Å². The molecule has 1 aromatic rings. The number of aryl methyl sites for hydroxylation is 1. The van der Waals surface area contributed by atoms with Crippen LogP contribution in [0.1, 0.15) is 30.4 Å². The van der Waals surface area contributed by atoms with Gasteiger partial charge in [-0.25, -0.2) is 0 Å². The molecule has 1 aliphatic heterocycles. The number of rotatable bonds is 5. The lowest BCUT2D eigenvalue weighted by Crippen LogP contribution is -2.37. The highest BCUT2D eigenvalue weighted by Crippen LogP contribution is 2.33. The van der Waals surface area contributed by atoms with Crippen LogP contribution in [0.3, 0.4) is 0 Å². The molecule has 0 aromatic heterocycles. The molecule has 1 aliphatic carbocycles. The average molecular weight is 245 g/mol. The molecule has 1 aromatic carbocycles. The van der Waals surface area contributed by atoms with Gasteiger partial charge in [-0.05, 0) is 38.2 Å². The van der Waals surface area contributed by atoms with Crippen LogP contribution in [0.25, 0.3) is 0 Å². The lowest BCUT2D eigenvalue weighted by molar-refractivity contribution is 0.149. The number of hydrogen-bond acceptors (Lipinski definition) is 2. The fraction of sp³-hybridized carbons (Fsp3) is 0.625. The predicted molar refractivity (Wildman–Crippen MR) is 73.8 cm³/mol. The standard InChI is InChI=1S/C16H23NO/c1-13-2-4-14(5-3-13)10-16(8-9-18-12-16)11-17-15-6-7-15/h2-5,15,17H,6-12H2,1H3. The van der Waals surface area contributed by atoms with Crippen LogP contribution in [0.2, 0.25) is 0 Å². The highest BCUT2D eigenvalue weighted by molar-refractivity contribution is 5.22. The van der Waals surface area contributed by atoms with Crippen molar-refractivity contribution in [3.63, 3.8) is 0 Å². The van der Waals surface area contributed by atoms with E-state index in [1.165, 1.54) is 30.4 Å². The molecule has 98 valence electrons. The van der Waals surface area contributed by atoms with Gasteiger partial charge in [0.2, 0.25) is 0 Å².